The summed E-state index contributed by atoms with van der Waals surface area (Å²) in [4.78, 5) is 2.38. The molecule has 2 aromatic rings. The molecule has 1 N–H and O–H groups in total. The molecule has 2 heterocycles. The van der Waals surface area contributed by atoms with Crippen molar-refractivity contribution in [3.8, 4) is 0 Å². The summed E-state index contributed by atoms with van der Waals surface area (Å²) in [6.45, 7) is 4.77. The molecule has 1 aliphatic heterocycles. The summed E-state index contributed by atoms with van der Waals surface area (Å²) in [5.41, 5.74) is 1.29. The van der Waals surface area contributed by atoms with E-state index in [0.717, 1.165) is 26.1 Å². The summed E-state index contributed by atoms with van der Waals surface area (Å²) in [5, 5.41) is 4.14. The van der Waals surface area contributed by atoms with Gasteiger partial charge in [0.05, 0.1) is 6.20 Å². The maximum absolute atomic E-state index is 12.5. The molecule has 1 aromatic heterocycles. The van der Waals surface area contributed by atoms with E-state index in [2.05, 4.69) is 26.9 Å². The van der Waals surface area contributed by atoms with E-state index in [4.69, 9.17) is 0 Å². The van der Waals surface area contributed by atoms with Crippen LogP contribution in [-0.4, -0.2) is 42.2 Å². The maximum atomic E-state index is 12.5. The van der Waals surface area contributed by atoms with Crippen molar-refractivity contribution < 1.29 is 8.42 Å². The van der Waals surface area contributed by atoms with E-state index in [1.165, 1.54) is 22.5 Å². The van der Waals surface area contributed by atoms with Crippen LogP contribution in [0, 0.1) is 5.92 Å². The van der Waals surface area contributed by atoms with E-state index in [-0.39, 0.29) is 11.1 Å². The Labute approximate surface area is 143 Å². The first-order valence-corrected chi connectivity index (χ1v) is 9.70. The number of nitrogens with one attached hydrogen (secondary N) is 1. The molecule has 3 rings (SSSR count). The number of benzene rings is 1. The number of likely N-dealkylation sites (tertiary alicyclic amines) is 1. The van der Waals surface area contributed by atoms with Crippen LogP contribution in [0.5, 0.6) is 0 Å². The van der Waals surface area contributed by atoms with E-state index in [0.29, 0.717) is 5.92 Å². The third-order valence-electron chi connectivity index (χ3n) is 4.66. The van der Waals surface area contributed by atoms with Crippen molar-refractivity contribution in [3.63, 3.8) is 0 Å². The second-order valence-corrected chi connectivity index (χ2v) is 8.13. The highest BCUT2D eigenvalue weighted by Gasteiger charge is 2.30. The fourth-order valence-electron chi connectivity index (χ4n) is 3.28. The van der Waals surface area contributed by atoms with Crippen molar-refractivity contribution in [2.24, 2.45) is 13.0 Å². The summed E-state index contributed by atoms with van der Waals surface area (Å²) in [6, 6.07) is 11.8. The summed E-state index contributed by atoms with van der Waals surface area (Å²) in [5.74, 6) is 0.316. The second kappa shape index (κ2) is 7.04. The summed E-state index contributed by atoms with van der Waals surface area (Å²) in [6.07, 6.45) is 2.50. The molecule has 1 aromatic carbocycles. The van der Waals surface area contributed by atoms with Gasteiger partial charge < -0.3 is 0 Å². The van der Waals surface area contributed by atoms with Crippen LogP contribution in [0.25, 0.3) is 0 Å². The molecule has 1 fully saturated rings. The molecule has 0 saturated carbocycles. The molecule has 1 saturated heterocycles. The van der Waals surface area contributed by atoms with Gasteiger partial charge in [0, 0.05) is 26.2 Å². The zero-order chi connectivity index (χ0) is 17.2. The molecule has 0 unspecified atom stereocenters. The lowest BCUT2D eigenvalue weighted by Crippen LogP contribution is -2.39. The Bertz CT molecular complexity index is 773. The number of rotatable bonds is 6. The van der Waals surface area contributed by atoms with Gasteiger partial charge in [-0.15, -0.1) is 0 Å². The van der Waals surface area contributed by atoms with Crippen LogP contribution in [0.3, 0.4) is 0 Å². The first kappa shape index (κ1) is 17.1. The number of aryl methyl sites for hydroxylation is 1. The van der Waals surface area contributed by atoms with Gasteiger partial charge in [0.15, 0.2) is 5.03 Å². The van der Waals surface area contributed by atoms with Crippen molar-refractivity contribution in [1.82, 2.24) is 19.4 Å². The number of hydrogen-bond donors (Lipinski definition) is 1. The molecular weight excluding hydrogens is 324 g/mol. The minimum atomic E-state index is -3.53. The van der Waals surface area contributed by atoms with Crippen LogP contribution in [0.2, 0.25) is 0 Å². The predicted molar refractivity (Wildman–Crippen MR) is 92.8 cm³/mol. The largest absolute Gasteiger partial charge is 0.299 e. The fraction of sp³-hybridized carbons (Fsp3) is 0.471. The Hall–Kier alpha value is -1.70. The third-order valence-corrected chi connectivity index (χ3v) is 6.29. The van der Waals surface area contributed by atoms with Crippen molar-refractivity contribution in [1.29, 1.82) is 0 Å². The molecule has 0 spiro atoms. The molecule has 2 atom stereocenters. The quantitative estimate of drug-likeness (QED) is 0.861. The second-order valence-electron chi connectivity index (χ2n) is 6.47. The van der Waals surface area contributed by atoms with Crippen LogP contribution < -0.4 is 4.72 Å². The smallest absolute Gasteiger partial charge is 0.257 e. The van der Waals surface area contributed by atoms with Crippen LogP contribution in [0.1, 0.15) is 18.9 Å². The maximum Gasteiger partial charge on any atom is 0.257 e. The lowest BCUT2D eigenvalue weighted by molar-refractivity contribution is 0.304. The molecule has 0 bridgehead atoms. The van der Waals surface area contributed by atoms with Crippen LogP contribution in [-0.2, 0) is 23.6 Å². The van der Waals surface area contributed by atoms with Crippen molar-refractivity contribution in [2.45, 2.75) is 31.0 Å². The van der Waals surface area contributed by atoms with Gasteiger partial charge in [-0.3, -0.25) is 9.58 Å². The average Bonchev–Trinajstić information content (AvgIpc) is 3.17. The zero-order valence-electron chi connectivity index (χ0n) is 14.1. The lowest BCUT2D eigenvalue weighted by Gasteiger charge is -2.21. The molecule has 1 aliphatic rings. The minimum absolute atomic E-state index is 0.106. The van der Waals surface area contributed by atoms with Gasteiger partial charge in [-0.2, -0.15) is 5.10 Å². The standard InChI is InChI=1S/C17H24N4O2S/c1-14(19-24(22,23)17-8-10-18-20(17)2)16-9-11-21(13-16)12-15-6-4-3-5-7-15/h3-8,10,14,16,19H,9,11-13H2,1-2H3/t14-,16-/m0/s1. The molecule has 0 amide bonds. The minimum Gasteiger partial charge on any atom is -0.299 e. The molecule has 130 valence electrons. The Kier molecular flexibility index (Phi) is 5.03. The third kappa shape index (κ3) is 3.85. The first-order chi connectivity index (χ1) is 11.5. The van der Waals surface area contributed by atoms with Crippen molar-refractivity contribution >= 4 is 10.0 Å². The first-order valence-electron chi connectivity index (χ1n) is 8.22. The van der Waals surface area contributed by atoms with Crippen LogP contribution >= 0.6 is 0 Å². The van der Waals surface area contributed by atoms with Gasteiger partial charge in [-0.25, -0.2) is 13.1 Å². The summed E-state index contributed by atoms with van der Waals surface area (Å²) in [7, 11) is -1.89. The van der Waals surface area contributed by atoms with Gasteiger partial charge in [0.1, 0.15) is 0 Å². The average molecular weight is 348 g/mol. The highest BCUT2D eigenvalue weighted by atomic mass is 32.2. The lowest BCUT2D eigenvalue weighted by atomic mass is 10.0. The SMILES string of the molecule is C[C@H](NS(=O)(=O)c1ccnn1C)[C@H]1CCN(Cc2ccccc2)C1. The highest BCUT2D eigenvalue weighted by molar-refractivity contribution is 7.89. The van der Waals surface area contributed by atoms with Crippen molar-refractivity contribution in [3.05, 3.63) is 48.2 Å². The molecule has 7 heteroatoms. The normalized spacial score (nSPS) is 20.3. The number of nitrogens with zero attached hydrogens (tertiary/aromatic N) is 3. The molecule has 0 aliphatic carbocycles. The van der Waals surface area contributed by atoms with Gasteiger partial charge in [-0.05, 0) is 37.4 Å². The van der Waals surface area contributed by atoms with Gasteiger partial charge in [0.25, 0.3) is 10.0 Å². The van der Waals surface area contributed by atoms with Crippen LogP contribution in [0.4, 0.5) is 0 Å². The van der Waals surface area contributed by atoms with E-state index in [9.17, 15) is 8.42 Å². The van der Waals surface area contributed by atoms with Gasteiger partial charge in [-0.1, -0.05) is 30.3 Å². The van der Waals surface area contributed by atoms with Gasteiger partial charge in [0.2, 0.25) is 0 Å². The Morgan fingerprint density at radius 2 is 2.04 bits per heavy atom. The van der Waals surface area contributed by atoms with Crippen LogP contribution in [0.15, 0.2) is 47.6 Å². The number of aromatic nitrogens is 2. The Morgan fingerprint density at radius 3 is 2.71 bits per heavy atom. The number of hydrogen-bond acceptors (Lipinski definition) is 4. The molecule has 24 heavy (non-hydrogen) atoms. The van der Waals surface area contributed by atoms with E-state index in [1.54, 1.807) is 7.05 Å². The topological polar surface area (TPSA) is 67.2 Å². The molecule has 0 radical (unpaired) electrons. The van der Waals surface area contributed by atoms with E-state index >= 15 is 0 Å². The molecule has 6 nitrogen and oxygen atoms in total. The molecular formula is C17H24N4O2S. The Balaban J connectivity index is 1.59. The van der Waals surface area contributed by atoms with Gasteiger partial charge >= 0.3 is 0 Å². The Morgan fingerprint density at radius 1 is 1.29 bits per heavy atom. The summed E-state index contributed by atoms with van der Waals surface area (Å²) < 4.78 is 29.1. The monoisotopic (exact) mass is 348 g/mol. The highest BCUT2D eigenvalue weighted by Crippen LogP contribution is 2.22. The predicted octanol–water partition coefficient (Wildman–Crippen LogP) is 1.61. The summed E-state index contributed by atoms with van der Waals surface area (Å²) >= 11 is 0. The van der Waals surface area contributed by atoms with Crippen molar-refractivity contribution in [2.75, 3.05) is 13.1 Å². The van der Waals surface area contributed by atoms with E-state index in [1.807, 2.05) is 25.1 Å². The number of sulfonamides is 1. The zero-order valence-corrected chi connectivity index (χ0v) is 14.9. The fourth-order valence-corrected chi connectivity index (χ4v) is 4.72. The van der Waals surface area contributed by atoms with E-state index < -0.39 is 10.0 Å².